The lowest BCUT2D eigenvalue weighted by molar-refractivity contribution is 1.21. The molecule has 22 heavy (non-hydrogen) atoms. The molecule has 3 rings (SSSR count). The van der Waals surface area contributed by atoms with E-state index in [2.05, 4.69) is 35.4 Å². The molecule has 0 aromatic heterocycles. The Morgan fingerprint density at radius 1 is 0.682 bits per heavy atom. The molecule has 0 saturated carbocycles. The van der Waals surface area contributed by atoms with Crippen LogP contribution in [0.4, 0.5) is 11.4 Å². The van der Waals surface area contributed by atoms with Gasteiger partial charge in [0.05, 0.1) is 11.4 Å². The number of nitrogens with zero attached hydrogens (tertiary/aromatic N) is 2. The quantitative estimate of drug-likeness (QED) is 0.513. The molecule has 0 aliphatic carbocycles. The smallest absolute Gasteiger partial charge is 0.0935 e. The molecule has 2 heteroatoms. The predicted octanol–water partition coefficient (Wildman–Crippen LogP) is 6.19. The van der Waals surface area contributed by atoms with Crippen molar-refractivity contribution in [1.82, 2.24) is 0 Å². The van der Waals surface area contributed by atoms with E-state index in [1.807, 2.05) is 61.5 Å². The predicted molar refractivity (Wildman–Crippen MR) is 90.8 cm³/mol. The van der Waals surface area contributed by atoms with Gasteiger partial charge in [-0.05, 0) is 48.7 Å². The van der Waals surface area contributed by atoms with Crippen molar-refractivity contribution >= 4 is 11.4 Å². The van der Waals surface area contributed by atoms with Gasteiger partial charge in [-0.15, -0.1) is 5.11 Å². The number of hydrogen-bond donors (Lipinski definition) is 0. The van der Waals surface area contributed by atoms with Crippen LogP contribution in [0.1, 0.15) is 11.1 Å². The molecule has 107 valence electrons. The highest BCUT2D eigenvalue weighted by Gasteiger charge is 2.06. The molecule has 0 aliphatic heterocycles. The minimum atomic E-state index is 0.875. The van der Waals surface area contributed by atoms with Crippen LogP contribution in [0.25, 0.3) is 11.1 Å². The minimum absolute atomic E-state index is 0.875. The van der Waals surface area contributed by atoms with Crippen molar-refractivity contribution in [3.63, 3.8) is 0 Å². The van der Waals surface area contributed by atoms with Gasteiger partial charge in [0, 0.05) is 5.56 Å². The highest BCUT2D eigenvalue weighted by atomic mass is 15.1. The van der Waals surface area contributed by atoms with Gasteiger partial charge < -0.3 is 0 Å². The molecular formula is C20H17N2. The lowest BCUT2D eigenvalue weighted by atomic mass is 9.99. The first kappa shape index (κ1) is 14.2. The van der Waals surface area contributed by atoms with Crippen molar-refractivity contribution in [1.29, 1.82) is 0 Å². The van der Waals surface area contributed by atoms with E-state index in [4.69, 9.17) is 0 Å². The first-order chi connectivity index (χ1) is 10.8. The van der Waals surface area contributed by atoms with Gasteiger partial charge >= 0.3 is 0 Å². The fourth-order valence-electron chi connectivity index (χ4n) is 2.39. The molecule has 0 amide bonds. The molecule has 0 N–H and O–H groups in total. The van der Waals surface area contributed by atoms with Crippen molar-refractivity contribution in [2.24, 2.45) is 10.2 Å². The summed E-state index contributed by atoms with van der Waals surface area (Å²) in [5.41, 5.74) is 6.33. The van der Waals surface area contributed by atoms with E-state index < -0.39 is 0 Å². The van der Waals surface area contributed by atoms with Crippen LogP contribution in [-0.2, 0) is 0 Å². The van der Waals surface area contributed by atoms with E-state index in [0.29, 0.717) is 0 Å². The van der Waals surface area contributed by atoms with Crippen LogP contribution in [0, 0.1) is 19.9 Å². The molecule has 1 radical (unpaired) electrons. The van der Waals surface area contributed by atoms with Crippen molar-refractivity contribution in [3.05, 3.63) is 83.9 Å². The third-order valence-electron chi connectivity index (χ3n) is 3.65. The third kappa shape index (κ3) is 2.96. The molecule has 0 aliphatic rings. The lowest BCUT2D eigenvalue weighted by Gasteiger charge is -2.08. The molecule has 0 bridgehead atoms. The fraction of sp³-hybridized carbons (Fsp3) is 0.100. The van der Waals surface area contributed by atoms with E-state index in [1.165, 1.54) is 5.56 Å². The lowest BCUT2D eigenvalue weighted by Crippen LogP contribution is -1.83. The average molecular weight is 285 g/mol. The maximum Gasteiger partial charge on any atom is 0.0935 e. The van der Waals surface area contributed by atoms with E-state index in [-0.39, 0.29) is 0 Å². The van der Waals surface area contributed by atoms with Gasteiger partial charge in [-0.1, -0.05) is 54.6 Å². The summed E-state index contributed by atoms with van der Waals surface area (Å²) in [5.74, 6) is 0. The highest BCUT2D eigenvalue weighted by Crippen LogP contribution is 2.33. The summed E-state index contributed by atoms with van der Waals surface area (Å²) in [6.07, 6.45) is 0. The van der Waals surface area contributed by atoms with Gasteiger partial charge in [-0.3, -0.25) is 0 Å². The summed E-state index contributed by atoms with van der Waals surface area (Å²) in [4.78, 5) is 0. The molecule has 0 atom stereocenters. The molecule has 0 heterocycles. The Kier molecular flexibility index (Phi) is 4.10. The summed E-state index contributed by atoms with van der Waals surface area (Å²) in [6.45, 7) is 4.12. The largest absolute Gasteiger partial charge is 0.150 e. The topological polar surface area (TPSA) is 24.7 Å². The van der Waals surface area contributed by atoms with Crippen molar-refractivity contribution in [2.45, 2.75) is 13.8 Å². The molecule has 2 nitrogen and oxygen atoms in total. The van der Waals surface area contributed by atoms with Crippen LogP contribution in [-0.4, -0.2) is 0 Å². The summed E-state index contributed by atoms with van der Waals surface area (Å²) < 4.78 is 0. The molecule has 0 spiro atoms. The third-order valence-corrected chi connectivity index (χ3v) is 3.65. The minimum Gasteiger partial charge on any atom is -0.150 e. The van der Waals surface area contributed by atoms with Gasteiger partial charge in [0.25, 0.3) is 0 Å². The Bertz CT molecular complexity index is 819. The summed E-state index contributed by atoms with van der Waals surface area (Å²) in [5, 5.41) is 8.88. The Morgan fingerprint density at radius 3 is 2.14 bits per heavy atom. The second-order valence-corrected chi connectivity index (χ2v) is 5.24. The van der Waals surface area contributed by atoms with E-state index in [1.54, 1.807) is 0 Å². The van der Waals surface area contributed by atoms with E-state index >= 15 is 0 Å². The Labute approximate surface area is 131 Å². The fourth-order valence-corrected chi connectivity index (χ4v) is 2.39. The summed E-state index contributed by atoms with van der Waals surface area (Å²) in [7, 11) is 0. The van der Waals surface area contributed by atoms with Gasteiger partial charge in [0.2, 0.25) is 0 Å². The van der Waals surface area contributed by atoms with E-state index in [0.717, 1.165) is 28.1 Å². The summed E-state index contributed by atoms with van der Waals surface area (Å²) in [6, 6.07) is 25.2. The SMILES string of the molecule is Cc1ccccc1/N=N/c1ccccc1-c1cc[c]cc1C. The zero-order chi connectivity index (χ0) is 15.4. The second kappa shape index (κ2) is 6.35. The van der Waals surface area contributed by atoms with Crippen LogP contribution in [0.5, 0.6) is 0 Å². The first-order valence-corrected chi connectivity index (χ1v) is 7.29. The normalized spacial score (nSPS) is 11.0. The van der Waals surface area contributed by atoms with Crippen LogP contribution < -0.4 is 0 Å². The Morgan fingerprint density at radius 2 is 1.36 bits per heavy atom. The first-order valence-electron chi connectivity index (χ1n) is 7.29. The highest BCUT2D eigenvalue weighted by molar-refractivity contribution is 5.77. The van der Waals surface area contributed by atoms with Crippen molar-refractivity contribution < 1.29 is 0 Å². The van der Waals surface area contributed by atoms with E-state index in [9.17, 15) is 0 Å². The molecule has 3 aromatic rings. The summed E-state index contributed by atoms with van der Waals surface area (Å²) >= 11 is 0. The molecule has 3 aromatic carbocycles. The zero-order valence-electron chi connectivity index (χ0n) is 12.7. The number of azo groups is 1. The monoisotopic (exact) mass is 285 g/mol. The maximum atomic E-state index is 4.47. The van der Waals surface area contributed by atoms with Gasteiger partial charge in [-0.25, -0.2) is 0 Å². The van der Waals surface area contributed by atoms with Crippen molar-refractivity contribution in [3.8, 4) is 11.1 Å². The Hall–Kier alpha value is -2.74. The standard InChI is InChI=1S/C20H17N2/c1-15-9-3-5-11-17(15)18-12-6-8-14-20(18)22-21-19-13-7-4-10-16(19)2/h4-14H,1-2H3/b22-21+. The number of rotatable bonds is 3. The van der Waals surface area contributed by atoms with Gasteiger partial charge in [0.15, 0.2) is 0 Å². The van der Waals surface area contributed by atoms with Crippen LogP contribution in [0.3, 0.4) is 0 Å². The molecule has 0 unspecified atom stereocenters. The number of hydrogen-bond acceptors (Lipinski definition) is 2. The van der Waals surface area contributed by atoms with Crippen molar-refractivity contribution in [2.75, 3.05) is 0 Å². The Balaban J connectivity index is 2.03. The molecule has 0 saturated heterocycles. The number of benzene rings is 3. The van der Waals surface area contributed by atoms with Crippen LogP contribution in [0.2, 0.25) is 0 Å². The average Bonchev–Trinajstić information content (AvgIpc) is 2.55. The second-order valence-electron chi connectivity index (χ2n) is 5.24. The molecule has 0 fully saturated rings. The van der Waals surface area contributed by atoms with Gasteiger partial charge in [0.1, 0.15) is 0 Å². The van der Waals surface area contributed by atoms with Crippen LogP contribution in [0.15, 0.2) is 77.0 Å². The van der Waals surface area contributed by atoms with Crippen LogP contribution >= 0.6 is 0 Å². The number of aryl methyl sites for hydroxylation is 2. The zero-order valence-corrected chi connectivity index (χ0v) is 12.7. The maximum absolute atomic E-state index is 4.47. The molecular weight excluding hydrogens is 268 g/mol. The van der Waals surface area contributed by atoms with Gasteiger partial charge in [-0.2, -0.15) is 5.11 Å².